The number of aromatic nitrogens is 1. The first-order valence-electron chi connectivity index (χ1n) is 5.78. The minimum atomic E-state index is -0.486. The summed E-state index contributed by atoms with van der Waals surface area (Å²) in [5, 5.41) is 14.1. The number of pyridine rings is 1. The normalized spacial score (nSPS) is 18.8. The molecule has 1 saturated heterocycles. The number of rotatable bonds is 5. The summed E-state index contributed by atoms with van der Waals surface area (Å²) in [6.45, 7) is 2.23. The molecule has 6 nitrogen and oxygen atoms in total. The van der Waals surface area contributed by atoms with Crippen LogP contribution in [0.25, 0.3) is 0 Å². The number of nitro groups is 1. The lowest BCUT2D eigenvalue weighted by Crippen LogP contribution is -2.11. The van der Waals surface area contributed by atoms with Crippen molar-refractivity contribution in [2.45, 2.75) is 12.8 Å². The van der Waals surface area contributed by atoms with Crippen LogP contribution < -0.4 is 5.32 Å². The molecule has 98 valence electrons. The smallest absolute Gasteiger partial charge is 0.312 e. The summed E-state index contributed by atoms with van der Waals surface area (Å²) in [5.74, 6) is 0.798. The largest absolute Gasteiger partial charge is 0.381 e. The number of ether oxygens (including phenoxy) is 1. The molecule has 1 fully saturated rings. The molecule has 2 heterocycles. The minimum Gasteiger partial charge on any atom is -0.381 e. The number of nitrogens with zero attached hydrogens (tertiary/aromatic N) is 2. The molecule has 0 aliphatic carbocycles. The van der Waals surface area contributed by atoms with Crippen LogP contribution in [0, 0.1) is 16.0 Å². The summed E-state index contributed by atoms with van der Waals surface area (Å²) in [6, 6.07) is 1.30. The van der Waals surface area contributed by atoms with Gasteiger partial charge in [0, 0.05) is 32.0 Å². The van der Waals surface area contributed by atoms with Crippen LogP contribution in [0.2, 0.25) is 5.02 Å². The van der Waals surface area contributed by atoms with Crippen LogP contribution in [0.4, 0.5) is 11.5 Å². The van der Waals surface area contributed by atoms with Crippen molar-refractivity contribution in [1.29, 1.82) is 0 Å². The molecule has 1 aromatic rings. The van der Waals surface area contributed by atoms with Gasteiger partial charge in [-0.15, -0.1) is 0 Å². The number of halogens is 1. The molecule has 0 saturated carbocycles. The third-order valence-electron chi connectivity index (χ3n) is 2.90. The summed E-state index contributed by atoms with van der Waals surface area (Å²) < 4.78 is 5.27. The minimum absolute atomic E-state index is 0.0924. The predicted molar refractivity (Wildman–Crippen MR) is 67.9 cm³/mol. The molecule has 0 amide bonds. The first-order valence-corrected chi connectivity index (χ1v) is 6.16. The van der Waals surface area contributed by atoms with E-state index >= 15 is 0 Å². The molecule has 1 atom stereocenters. The van der Waals surface area contributed by atoms with Gasteiger partial charge in [-0.05, 0) is 18.8 Å². The van der Waals surface area contributed by atoms with Crippen molar-refractivity contribution < 1.29 is 9.66 Å². The summed E-state index contributed by atoms with van der Waals surface area (Å²) in [5.41, 5.74) is -0.0924. The zero-order valence-electron chi connectivity index (χ0n) is 9.76. The lowest BCUT2D eigenvalue weighted by Gasteiger charge is -2.09. The molecular formula is C11H14ClN3O3. The number of hydrogen-bond donors (Lipinski definition) is 1. The maximum atomic E-state index is 10.8. The van der Waals surface area contributed by atoms with E-state index in [1.54, 1.807) is 0 Å². The monoisotopic (exact) mass is 271 g/mol. The lowest BCUT2D eigenvalue weighted by molar-refractivity contribution is -0.384. The summed E-state index contributed by atoms with van der Waals surface area (Å²) in [7, 11) is 0. The molecule has 2 rings (SSSR count). The van der Waals surface area contributed by atoms with Gasteiger partial charge >= 0.3 is 5.69 Å². The van der Waals surface area contributed by atoms with Crippen LogP contribution in [-0.2, 0) is 4.74 Å². The molecule has 1 aromatic heterocycles. The van der Waals surface area contributed by atoms with Gasteiger partial charge in [0.1, 0.15) is 0 Å². The summed E-state index contributed by atoms with van der Waals surface area (Å²) >= 11 is 5.69. The molecule has 0 aromatic carbocycles. The van der Waals surface area contributed by atoms with Crippen LogP contribution in [0.3, 0.4) is 0 Å². The van der Waals surface area contributed by atoms with Gasteiger partial charge in [-0.1, -0.05) is 11.6 Å². The van der Waals surface area contributed by atoms with E-state index in [-0.39, 0.29) is 16.5 Å². The standard InChI is InChI=1S/C11H14ClN3O3/c12-9-5-10(15(16)17)11(14-6-9)13-3-1-8-2-4-18-7-8/h5-6,8H,1-4,7H2,(H,13,14). The number of anilines is 1. The first kappa shape index (κ1) is 13.0. The Bertz CT molecular complexity index is 436. The third-order valence-corrected chi connectivity index (χ3v) is 3.11. The maximum Gasteiger partial charge on any atom is 0.312 e. The van der Waals surface area contributed by atoms with E-state index in [1.165, 1.54) is 12.3 Å². The molecule has 7 heteroatoms. The van der Waals surface area contributed by atoms with Crippen molar-refractivity contribution in [1.82, 2.24) is 4.98 Å². The highest BCUT2D eigenvalue weighted by Gasteiger charge is 2.18. The Morgan fingerprint density at radius 1 is 1.67 bits per heavy atom. The average Bonchev–Trinajstić information content (AvgIpc) is 2.84. The van der Waals surface area contributed by atoms with Gasteiger partial charge in [-0.25, -0.2) is 4.98 Å². The molecule has 0 spiro atoms. The fourth-order valence-electron chi connectivity index (χ4n) is 1.91. The second kappa shape index (κ2) is 5.97. The van der Waals surface area contributed by atoms with Crippen LogP contribution in [0.15, 0.2) is 12.3 Å². The number of hydrogen-bond acceptors (Lipinski definition) is 5. The van der Waals surface area contributed by atoms with E-state index in [1.807, 2.05) is 0 Å². The third kappa shape index (κ3) is 3.30. The fraction of sp³-hybridized carbons (Fsp3) is 0.545. The van der Waals surface area contributed by atoms with Gasteiger partial charge in [-0.2, -0.15) is 0 Å². The van der Waals surface area contributed by atoms with Crippen molar-refractivity contribution in [2.24, 2.45) is 5.92 Å². The van der Waals surface area contributed by atoms with E-state index in [9.17, 15) is 10.1 Å². The van der Waals surface area contributed by atoms with Gasteiger partial charge < -0.3 is 10.1 Å². The summed E-state index contributed by atoms with van der Waals surface area (Å²) in [6.07, 6.45) is 3.37. The Morgan fingerprint density at radius 2 is 2.50 bits per heavy atom. The fourth-order valence-corrected chi connectivity index (χ4v) is 2.06. The Kier molecular flexibility index (Phi) is 4.33. The van der Waals surface area contributed by atoms with Crippen LogP contribution in [0.5, 0.6) is 0 Å². The second-order valence-corrected chi connectivity index (χ2v) is 4.66. The maximum absolute atomic E-state index is 10.8. The molecule has 0 bridgehead atoms. The van der Waals surface area contributed by atoms with E-state index in [4.69, 9.17) is 16.3 Å². The quantitative estimate of drug-likeness (QED) is 0.657. The predicted octanol–water partition coefficient (Wildman–Crippen LogP) is 2.48. The topological polar surface area (TPSA) is 77.3 Å². The lowest BCUT2D eigenvalue weighted by atomic mass is 10.1. The first-order chi connectivity index (χ1) is 8.66. The van der Waals surface area contributed by atoms with Crippen molar-refractivity contribution in [3.63, 3.8) is 0 Å². The zero-order valence-corrected chi connectivity index (χ0v) is 10.5. The van der Waals surface area contributed by atoms with Crippen molar-refractivity contribution in [3.05, 3.63) is 27.4 Å². The molecule has 1 aliphatic heterocycles. The Labute approximate surface area is 109 Å². The highest BCUT2D eigenvalue weighted by atomic mass is 35.5. The van der Waals surface area contributed by atoms with Gasteiger partial charge in [0.05, 0.1) is 9.95 Å². The van der Waals surface area contributed by atoms with E-state index in [0.29, 0.717) is 12.5 Å². The number of nitrogens with one attached hydrogen (secondary N) is 1. The van der Waals surface area contributed by atoms with E-state index < -0.39 is 4.92 Å². The van der Waals surface area contributed by atoms with Crippen LogP contribution in [-0.4, -0.2) is 29.7 Å². The van der Waals surface area contributed by atoms with Crippen molar-refractivity contribution in [3.8, 4) is 0 Å². The molecule has 18 heavy (non-hydrogen) atoms. The molecule has 1 unspecified atom stereocenters. The summed E-state index contributed by atoms with van der Waals surface area (Å²) in [4.78, 5) is 14.3. The van der Waals surface area contributed by atoms with Crippen LogP contribution >= 0.6 is 11.6 Å². The second-order valence-electron chi connectivity index (χ2n) is 4.22. The Morgan fingerprint density at radius 3 is 3.17 bits per heavy atom. The van der Waals surface area contributed by atoms with Crippen LogP contribution in [0.1, 0.15) is 12.8 Å². The van der Waals surface area contributed by atoms with Gasteiger partial charge in [0.25, 0.3) is 0 Å². The molecule has 0 radical (unpaired) electrons. The van der Waals surface area contributed by atoms with E-state index in [0.717, 1.165) is 26.1 Å². The zero-order chi connectivity index (χ0) is 13.0. The van der Waals surface area contributed by atoms with E-state index in [2.05, 4.69) is 10.3 Å². The highest BCUT2D eigenvalue weighted by Crippen LogP contribution is 2.25. The Balaban J connectivity index is 1.93. The molecule has 1 N–H and O–H groups in total. The highest BCUT2D eigenvalue weighted by molar-refractivity contribution is 6.30. The molecule has 1 aliphatic rings. The van der Waals surface area contributed by atoms with Crippen molar-refractivity contribution >= 4 is 23.1 Å². The van der Waals surface area contributed by atoms with Gasteiger partial charge in [0.2, 0.25) is 5.82 Å². The average molecular weight is 272 g/mol. The SMILES string of the molecule is O=[N+]([O-])c1cc(Cl)cnc1NCCC1CCOC1. The van der Waals surface area contributed by atoms with Gasteiger partial charge in [-0.3, -0.25) is 10.1 Å². The Hall–Kier alpha value is -1.40. The van der Waals surface area contributed by atoms with Crippen molar-refractivity contribution in [2.75, 3.05) is 25.1 Å². The van der Waals surface area contributed by atoms with Gasteiger partial charge in [0.15, 0.2) is 0 Å². The molecular weight excluding hydrogens is 258 g/mol.